The maximum atomic E-state index is 12.5. The van der Waals surface area contributed by atoms with Gasteiger partial charge in [0, 0.05) is 68.5 Å². The molecule has 0 saturated carbocycles. The molecule has 148 heavy (non-hydrogen) atoms. The van der Waals surface area contributed by atoms with Gasteiger partial charge in [-0.1, -0.05) is 507 Å². The van der Waals surface area contributed by atoms with Gasteiger partial charge in [0.15, 0.2) is 0 Å². The average Bonchev–Trinajstić information content (AvgIpc) is 0.759. The molecule has 2 nitrogen and oxygen atoms in total. The van der Waals surface area contributed by atoms with E-state index < -0.39 is 19.0 Å². The number of hydrogen-bond donors (Lipinski definition) is 7. The third-order valence-corrected chi connectivity index (χ3v) is 31.6. The van der Waals surface area contributed by atoms with Gasteiger partial charge in [0.25, 0.3) is 0 Å². The van der Waals surface area contributed by atoms with Gasteiger partial charge in [0.05, 0.1) is 14.2 Å². The van der Waals surface area contributed by atoms with E-state index in [0.717, 1.165) is 58.7 Å². The molecule has 0 atom stereocenters. The van der Waals surface area contributed by atoms with E-state index in [-0.39, 0.29) is 9.49 Å². The first-order chi connectivity index (χ1) is 71.8. The topological polar surface area (TPSA) is 34.1 Å². The number of rotatable bonds is 17. The zero-order valence-electron chi connectivity index (χ0n) is 87.3. The zero-order valence-corrected chi connectivity index (χ0v) is 101. The largest absolute Gasteiger partial charge is 0.319 e. The van der Waals surface area contributed by atoms with E-state index >= 15 is 0 Å². The highest BCUT2D eigenvalue weighted by Gasteiger charge is 2.40. The minimum Gasteiger partial charge on any atom is -0.319 e. The molecule has 0 saturated heterocycles. The van der Waals surface area contributed by atoms with Crippen LogP contribution in [-0.2, 0) is 23.4 Å². The molecule has 0 heterocycles. The van der Waals surface area contributed by atoms with Crippen molar-refractivity contribution in [2.24, 2.45) is 0 Å². The molecule has 0 bridgehead atoms. The lowest BCUT2D eigenvalue weighted by atomic mass is 9.84. The Bertz CT molecular complexity index is 5960. The molecule has 0 amide bonds. The average molecular weight is 2300 g/mol. The normalized spacial score (nSPS) is 10.2. The van der Waals surface area contributed by atoms with Gasteiger partial charge in [-0.15, -0.1) is 124 Å². The maximum Gasteiger partial charge on any atom is 0.109 e. The van der Waals surface area contributed by atoms with Gasteiger partial charge in [-0.3, -0.25) is 0 Å². The second kappa shape index (κ2) is 74.1. The molecule has 0 unspecified atom stereocenters. The summed E-state index contributed by atoms with van der Waals surface area (Å²) in [5, 5.41) is 1.83. The summed E-state index contributed by atoms with van der Waals surface area (Å²) in [5.41, 5.74) is 12.6. The number of thiol groups is 7. The van der Waals surface area contributed by atoms with Gasteiger partial charge in [0.1, 0.15) is 14.3 Å². The number of thioether (sulfide) groups is 3. The summed E-state index contributed by atoms with van der Waals surface area (Å²) in [6.45, 7) is 29.3. The summed E-state index contributed by atoms with van der Waals surface area (Å²) in [6.07, 6.45) is 0. The zero-order chi connectivity index (χ0) is 108. The summed E-state index contributed by atoms with van der Waals surface area (Å²) < 4.78 is 25.1. The first-order valence-electron chi connectivity index (χ1n) is 49.4. The van der Waals surface area contributed by atoms with Gasteiger partial charge in [-0.2, -0.15) is 0 Å². The van der Waals surface area contributed by atoms with Gasteiger partial charge in [-0.25, -0.2) is 0 Å². The van der Waals surface area contributed by atoms with Crippen molar-refractivity contribution in [2.45, 2.75) is 139 Å². The highest BCUT2D eigenvalue weighted by Crippen LogP contribution is 2.55. The van der Waals surface area contributed by atoms with Crippen LogP contribution in [0.1, 0.15) is 125 Å². The SMILES string of the molecule is Brc1ccc(SC(c2ccccc2)(c2ccccc2)c2ccccc2)cc1.CC.CC.CC.CC.CC.CP(C)(=O)c1ccc(S)cc1.CP(C)(=O)c1ccc(SC(c2ccccc2)(c2ccccc2)c2ccccc2)cc1.Cc1ccc(SC(c2ccccc2)(c2ccccc2)c2ccccc2)cc1.Sc1ccc(Br)cc1.Sc1ccccc1.Sc1ccccc1.Sc1ccccc1.Sc1ccccc1.Sc1ccccc1. The van der Waals surface area contributed by atoms with Gasteiger partial charge >= 0.3 is 0 Å². The fraction of sp³-hybridized carbons (Fsp3) is 0.136. The second-order valence-corrected chi connectivity index (χ2v) is 47.5. The van der Waals surface area contributed by atoms with Crippen molar-refractivity contribution >= 4 is 180 Å². The Morgan fingerprint density at radius 1 is 0.176 bits per heavy atom. The molecule has 16 heteroatoms. The molecular weight excluding hydrogens is 2160 g/mol. The first-order valence-corrected chi connectivity index (χ1v) is 61.7. The van der Waals surface area contributed by atoms with E-state index in [1.165, 1.54) is 65.4 Å². The predicted octanol–water partition coefficient (Wildman–Crippen LogP) is 41.6. The van der Waals surface area contributed by atoms with Crippen LogP contribution >= 0.6 is 170 Å². The van der Waals surface area contributed by atoms with E-state index in [1.54, 1.807) is 13.3 Å². The van der Waals surface area contributed by atoms with Gasteiger partial charge in [-0.05, 0) is 229 Å². The summed E-state index contributed by atoms with van der Waals surface area (Å²) in [7, 11) is -4.34. The van der Waals surface area contributed by atoms with Gasteiger partial charge < -0.3 is 9.13 Å². The fourth-order valence-electron chi connectivity index (χ4n) is 14.0. The van der Waals surface area contributed by atoms with E-state index in [0.29, 0.717) is 0 Å². The van der Waals surface area contributed by atoms with Crippen LogP contribution < -0.4 is 10.6 Å². The highest BCUT2D eigenvalue weighted by molar-refractivity contribution is 9.10. The van der Waals surface area contributed by atoms with Crippen LogP contribution in [0.15, 0.2) is 604 Å². The Hall–Kier alpha value is -9.90. The van der Waals surface area contributed by atoms with Crippen molar-refractivity contribution in [2.75, 3.05) is 26.7 Å². The Balaban J connectivity index is 0.000000303. The van der Waals surface area contributed by atoms with Crippen molar-refractivity contribution in [3.8, 4) is 0 Å². The van der Waals surface area contributed by atoms with Crippen LogP contribution in [0.2, 0.25) is 0 Å². The van der Waals surface area contributed by atoms with Crippen molar-refractivity contribution in [1.29, 1.82) is 0 Å². The minimum atomic E-state index is -2.27. The summed E-state index contributed by atoms with van der Waals surface area (Å²) in [4.78, 5) is 10.6. The highest BCUT2D eigenvalue weighted by atomic mass is 79.9. The van der Waals surface area contributed by atoms with Crippen molar-refractivity contribution < 1.29 is 9.13 Å². The molecule has 0 N–H and O–H groups in total. The number of benzene rings is 19. The van der Waals surface area contributed by atoms with E-state index in [9.17, 15) is 9.13 Å². The minimum absolute atomic E-state index is 0.307. The molecule has 0 aromatic heterocycles. The molecule has 0 radical (unpaired) electrons. The van der Waals surface area contributed by atoms with Crippen molar-refractivity contribution in [3.63, 3.8) is 0 Å². The molecule has 19 aromatic carbocycles. The Kier molecular flexibility index (Phi) is 64.4. The fourth-order valence-corrected chi connectivity index (χ4v) is 21.6. The lowest BCUT2D eigenvalue weighted by Gasteiger charge is -2.35. The molecular formula is C132H142Br2O2P2S10. The molecule has 19 aromatic rings. The third-order valence-electron chi connectivity index (χ3n) is 20.8. The van der Waals surface area contributed by atoms with Crippen LogP contribution in [0.25, 0.3) is 0 Å². The molecule has 0 aliphatic rings. The maximum absolute atomic E-state index is 12.5. The first kappa shape index (κ1) is 129. The van der Waals surface area contributed by atoms with Crippen molar-refractivity contribution in [3.05, 3.63) is 611 Å². The van der Waals surface area contributed by atoms with E-state index in [2.05, 4.69) is 461 Å². The van der Waals surface area contributed by atoms with Gasteiger partial charge in [0.2, 0.25) is 0 Å². The Morgan fingerprint density at radius 2 is 0.297 bits per heavy atom. The van der Waals surface area contributed by atoms with Crippen LogP contribution in [0.4, 0.5) is 0 Å². The lowest BCUT2D eigenvalue weighted by Crippen LogP contribution is -2.25. The van der Waals surface area contributed by atoms with Crippen LogP contribution in [0.5, 0.6) is 0 Å². The number of halogens is 2. The van der Waals surface area contributed by atoms with Crippen molar-refractivity contribution in [1.82, 2.24) is 0 Å². The smallest absolute Gasteiger partial charge is 0.109 e. The second-order valence-electron chi connectivity index (χ2n) is 31.8. The quantitative estimate of drug-likeness (QED) is 0.0214. The summed E-state index contributed by atoms with van der Waals surface area (Å²) >= 11 is 41.1. The molecule has 19 rings (SSSR count). The third kappa shape index (κ3) is 45.7. The monoisotopic (exact) mass is 2300 g/mol. The van der Waals surface area contributed by atoms with Crippen LogP contribution in [-0.4, -0.2) is 26.7 Å². The van der Waals surface area contributed by atoms with Crippen LogP contribution in [0.3, 0.4) is 0 Å². The van der Waals surface area contributed by atoms with E-state index in [1.807, 2.05) is 330 Å². The number of hydrogen-bond acceptors (Lipinski definition) is 12. The van der Waals surface area contributed by atoms with E-state index in [4.69, 9.17) is 0 Å². The lowest BCUT2D eigenvalue weighted by molar-refractivity contribution is 0.587. The number of aryl methyl sites for hydroxylation is 1. The van der Waals surface area contributed by atoms with Crippen LogP contribution in [0, 0.1) is 6.92 Å². The predicted molar refractivity (Wildman–Crippen MR) is 685 cm³/mol. The Labute approximate surface area is 956 Å². The molecule has 766 valence electrons. The molecule has 0 aliphatic carbocycles. The standard InChI is InChI=1S/C27H25OPS.C26H22S.C25H19BrS.C8H11OPS.C6H5BrS.5C6H6S.5C2H6/c1-29(2,28)25-18-20-26(21-19-25)30-27(22-12-6-3-7-13-22,23-14-8-4-9-15-23)24-16-10-5-11-17-24;1-21-17-19-25(20-18-21)27-26(22-11-5-2-6-12-22,23-13-7-3-8-14-23)24-15-9-4-10-16-24;26-23-16-18-24(19-17-23)27-25(20-10-4-1-5-11-20,21-12-6-2-7-13-21)22-14-8-3-9-15-22;1-10(2,9)7-3-5-8(11)6-4-7;7-5-1-3-6(8)4-2-5;5*7-6-4-2-1-3-5-6;5*1-2/h3-21H,1-2H3;2-20H,1H3;1-19H;3-6,11H,1-2H3;1-4,8H;5*1-5,7H;5*1-2H3. The summed E-state index contributed by atoms with van der Waals surface area (Å²) in [6, 6.07) is 187. The molecule has 0 fully saturated rings. The molecule has 0 aliphatic heterocycles. The molecule has 0 spiro atoms. The Morgan fingerprint density at radius 3 is 0.439 bits per heavy atom. The summed E-state index contributed by atoms with van der Waals surface area (Å²) in [5.74, 6) is 0.